The summed E-state index contributed by atoms with van der Waals surface area (Å²) in [7, 11) is 0. The highest BCUT2D eigenvalue weighted by Crippen LogP contribution is 2.19. The molecule has 1 rings (SSSR count). The van der Waals surface area contributed by atoms with E-state index in [0.717, 1.165) is 18.2 Å². The number of nitro benzene ring substituents is 1. The Morgan fingerprint density at radius 3 is 2.33 bits per heavy atom. The molecule has 0 bridgehead atoms. The van der Waals surface area contributed by atoms with Gasteiger partial charge in [0.25, 0.3) is 5.69 Å². The number of halogens is 1. The molecule has 15 heavy (non-hydrogen) atoms. The molecule has 0 aliphatic rings. The van der Waals surface area contributed by atoms with Crippen molar-refractivity contribution < 1.29 is 14.1 Å². The Morgan fingerprint density at radius 1 is 1.40 bits per heavy atom. The molecule has 5 heteroatoms. The summed E-state index contributed by atoms with van der Waals surface area (Å²) in [4.78, 5) is 20.4. The second-order valence-corrected chi connectivity index (χ2v) is 2.47. The standard InChI is InChI=1S/C8H6FNO3.C2H6/c1-5(11)7-3-2-6(9)4-8(7)10(12)13;1-2/h2-4H,1H3;1-2H3. The fraction of sp³-hybridized carbons (Fsp3) is 0.300. The Labute approximate surface area is 86.9 Å². The maximum absolute atomic E-state index is 12.6. The quantitative estimate of drug-likeness (QED) is 0.431. The lowest BCUT2D eigenvalue weighted by Crippen LogP contribution is -2.00. The van der Waals surface area contributed by atoms with E-state index < -0.39 is 22.2 Å². The summed E-state index contributed by atoms with van der Waals surface area (Å²) < 4.78 is 12.6. The molecule has 0 spiro atoms. The highest BCUT2D eigenvalue weighted by molar-refractivity contribution is 5.97. The van der Waals surface area contributed by atoms with E-state index in [1.54, 1.807) is 0 Å². The van der Waals surface area contributed by atoms with Crippen LogP contribution in [0.3, 0.4) is 0 Å². The number of nitrogens with zero attached hydrogens (tertiary/aromatic N) is 1. The van der Waals surface area contributed by atoms with Gasteiger partial charge in [-0.2, -0.15) is 0 Å². The average molecular weight is 213 g/mol. The first-order valence-electron chi connectivity index (χ1n) is 4.47. The van der Waals surface area contributed by atoms with Crippen LogP contribution in [-0.2, 0) is 0 Å². The number of nitro groups is 1. The Kier molecular flexibility index (Phi) is 5.15. The van der Waals surface area contributed by atoms with E-state index in [4.69, 9.17) is 0 Å². The Balaban J connectivity index is 0.000000921. The summed E-state index contributed by atoms with van der Waals surface area (Å²) in [6.07, 6.45) is 0. The van der Waals surface area contributed by atoms with E-state index in [1.165, 1.54) is 6.92 Å². The first-order valence-corrected chi connectivity index (χ1v) is 4.47. The molecule has 0 radical (unpaired) electrons. The molecule has 0 unspecified atom stereocenters. The van der Waals surface area contributed by atoms with Gasteiger partial charge in [0, 0.05) is 0 Å². The lowest BCUT2D eigenvalue weighted by molar-refractivity contribution is -0.385. The van der Waals surface area contributed by atoms with Gasteiger partial charge in [-0.3, -0.25) is 14.9 Å². The van der Waals surface area contributed by atoms with Gasteiger partial charge in [0.05, 0.1) is 16.6 Å². The minimum absolute atomic E-state index is 0.0774. The first kappa shape index (κ1) is 13.2. The summed E-state index contributed by atoms with van der Waals surface area (Å²) in [6, 6.07) is 2.86. The Morgan fingerprint density at radius 2 is 1.93 bits per heavy atom. The van der Waals surface area contributed by atoms with Crippen LogP contribution in [0.1, 0.15) is 31.1 Å². The second-order valence-electron chi connectivity index (χ2n) is 2.47. The minimum atomic E-state index is -0.778. The van der Waals surface area contributed by atoms with E-state index in [0.29, 0.717) is 0 Å². The molecule has 0 saturated heterocycles. The lowest BCUT2D eigenvalue weighted by atomic mass is 10.1. The molecule has 0 aromatic heterocycles. The van der Waals surface area contributed by atoms with Gasteiger partial charge in [-0.05, 0) is 19.1 Å². The van der Waals surface area contributed by atoms with Crippen molar-refractivity contribution in [2.24, 2.45) is 0 Å². The van der Waals surface area contributed by atoms with Crippen molar-refractivity contribution in [3.63, 3.8) is 0 Å². The number of ketones is 1. The van der Waals surface area contributed by atoms with Crippen LogP contribution < -0.4 is 0 Å². The minimum Gasteiger partial charge on any atom is -0.294 e. The van der Waals surface area contributed by atoms with Crippen LogP contribution in [0.2, 0.25) is 0 Å². The summed E-state index contributed by atoms with van der Waals surface area (Å²) in [5.74, 6) is -1.18. The first-order chi connectivity index (χ1) is 7.02. The SMILES string of the molecule is CC.CC(=O)c1ccc(F)cc1[N+](=O)[O-]. The van der Waals surface area contributed by atoms with Crippen molar-refractivity contribution in [1.29, 1.82) is 0 Å². The van der Waals surface area contributed by atoms with Gasteiger partial charge in [-0.25, -0.2) is 4.39 Å². The second kappa shape index (κ2) is 5.85. The highest BCUT2D eigenvalue weighted by Gasteiger charge is 2.17. The number of hydrogen-bond acceptors (Lipinski definition) is 3. The molecular weight excluding hydrogens is 201 g/mol. The van der Waals surface area contributed by atoms with Crippen molar-refractivity contribution >= 4 is 11.5 Å². The van der Waals surface area contributed by atoms with Crippen molar-refractivity contribution in [3.05, 3.63) is 39.7 Å². The maximum atomic E-state index is 12.6. The molecule has 1 aromatic rings. The van der Waals surface area contributed by atoms with Crippen LogP contribution in [0, 0.1) is 15.9 Å². The van der Waals surface area contributed by atoms with Crippen LogP contribution in [0.25, 0.3) is 0 Å². The predicted octanol–water partition coefficient (Wildman–Crippen LogP) is 2.96. The van der Waals surface area contributed by atoms with E-state index >= 15 is 0 Å². The predicted molar refractivity (Wildman–Crippen MR) is 54.4 cm³/mol. The van der Waals surface area contributed by atoms with E-state index in [-0.39, 0.29) is 5.56 Å². The zero-order valence-electron chi connectivity index (χ0n) is 8.78. The Hall–Kier alpha value is -1.78. The number of carbonyl (C=O) groups excluding carboxylic acids is 1. The van der Waals surface area contributed by atoms with Crippen molar-refractivity contribution in [2.75, 3.05) is 0 Å². The molecule has 0 aliphatic carbocycles. The van der Waals surface area contributed by atoms with Gasteiger partial charge < -0.3 is 0 Å². The van der Waals surface area contributed by atoms with E-state index in [9.17, 15) is 19.3 Å². The number of rotatable bonds is 2. The molecule has 0 aliphatic heterocycles. The van der Waals surface area contributed by atoms with E-state index in [2.05, 4.69) is 0 Å². The van der Waals surface area contributed by atoms with Gasteiger partial charge >= 0.3 is 0 Å². The van der Waals surface area contributed by atoms with Gasteiger partial charge in [-0.15, -0.1) is 0 Å². The van der Waals surface area contributed by atoms with Crippen LogP contribution in [-0.4, -0.2) is 10.7 Å². The number of carbonyl (C=O) groups is 1. The van der Waals surface area contributed by atoms with Crippen LogP contribution >= 0.6 is 0 Å². The lowest BCUT2D eigenvalue weighted by Gasteiger charge is -1.97. The Bertz CT molecular complexity index is 377. The summed E-state index contributed by atoms with van der Waals surface area (Å²) in [6.45, 7) is 5.19. The summed E-state index contributed by atoms with van der Waals surface area (Å²) in [5, 5.41) is 10.4. The fourth-order valence-corrected chi connectivity index (χ4v) is 0.954. The third kappa shape index (κ3) is 3.46. The number of benzene rings is 1. The normalized spacial score (nSPS) is 8.80. The number of Topliss-reactive ketones (excluding diaryl/α,β-unsaturated/α-hetero) is 1. The fourth-order valence-electron chi connectivity index (χ4n) is 0.954. The zero-order valence-corrected chi connectivity index (χ0v) is 8.78. The summed E-state index contributed by atoms with van der Waals surface area (Å²) in [5.41, 5.74) is -0.570. The monoisotopic (exact) mass is 213 g/mol. The van der Waals surface area contributed by atoms with Crippen LogP contribution in [0.5, 0.6) is 0 Å². The average Bonchev–Trinajstić information content (AvgIpc) is 2.20. The van der Waals surface area contributed by atoms with Crippen molar-refractivity contribution in [1.82, 2.24) is 0 Å². The molecule has 0 fully saturated rings. The van der Waals surface area contributed by atoms with Crippen LogP contribution in [0.4, 0.5) is 10.1 Å². The third-order valence-electron chi connectivity index (χ3n) is 1.54. The van der Waals surface area contributed by atoms with Crippen molar-refractivity contribution in [2.45, 2.75) is 20.8 Å². The van der Waals surface area contributed by atoms with Crippen LogP contribution in [0.15, 0.2) is 18.2 Å². The number of hydrogen-bond donors (Lipinski definition) is 0. The van der Waals surface area contributed by atoms with Gasteiger partial charge in [0.2, 0.25) is 0 Å². The largest absolute Gasteiger partial charge is 0.294 e. The van der Waals surface area contributed by atoms with Gasteiger partial charge in [0.15, 0.2) is 5.78 Å². The highest BCUT2D eigenvalue weighted by atomic mass is 19.1. The zero-order chi connectivity index (χ0) is 12.0. The molecule has 0 saturated carbocycles. The summed E-state index contributed by atoms with van der Waals surface area (Å²) >= 11 is 0. The topological polar surface area (TPSA) is 60.2 Å². The third-order valence-corrected chi connectivity index (χ3v) is 1.54. The molecular formula is C10H12FNO3. The van der Waals surface area contributed by atoms with Gasteiger partial charge in [0.1, 0.15) is 5.82 Å². The molecule has 1 aromatic carbocycles. The van der Waals surface area contributed by atoms with E-state index in [1.807, 2.05) is 13.8 Å². The van der Waals surface area contributed by atoms with Gasteiger partial charge in [-0.1, -0.05) is 13.8 Å². The molecule has 0 amide bonds. The molecule has 0 heterocycles. The molecule has 0 atom stereocenters. The molecule has 4 nitrogen and oxygen atoms in total. The maximum Gasteiger partial charge on any atom is 0.283 e. The smallest absolute Gasteiger partial charge is 0.283 e. The van der Waals surface area contributed by atoms with Crippen molar-refractivity contribution in [3.8, 4) is 0 Å². The molecule has 0 N–H and O–H groups in total. The molecule has 82 valence electrons.